The van der Waals surface area contributed by atoms with Crippen molar-refractivity contribution in [3.63, 3.8) is 0 Å². The van der Waals surface area contributed by atoms with Crippen LogP contribution in [0.1, 0.15) is 42.6 Å². The fraction of sp³-hybridized carbons (Fsp3) is 0.375. The van der Waals surface area contributed by atoms with E-state index in [1.54, 1.807) is 34.8 Å². The number of methoxy groups -OCH3 is 1. The Morgan fingerprint density at radius 3 is 2.71 bits per heavy atom. The first kappa shape index (κ1) is 25.3. The summed E-state index contributed by atoms with van der Waals surface area (Å²) in [4.78, 5) is 33.4. The molecule has 0 bridgehead atoms. The number of benzene rings is 2. The zero-order valence-corrected chi connectivity index (χ0v) is 19.3. The molecule has 10 heteroatoms. The van der Waals surface area contributed by atoms with Crippen LogP contribution in [-0.2, 0) is 16.1 Å². The molecule has 3 aromatic rings. The fourth-order valence-electron chi connectivity index (χ4n) is 3.80. The van der Waals surface area contributed by atoms with E-state index in [9.17, 15) is 23.5 Å². The molecule has 8 nitrogen and oxygen atoms in total. The Labute approximate surface area is 195 Å². The van der Waals surface area contributed by atoms with Gasteiger partial charge in [-0.05, 0) is 50.6 Å². The molecular weight excluding hydrogens is 446 g/mol. The van der Waals surface area contributed by atoms with Gasteiger partial charge in [0.05, 0.1) is 23.2 Å². The van der Waals surface area contributed by atoms with E-state index in [0.29, 0.717) is 36.3 Å². The molecule has 0 saturated carbocycles. The number of rotatable bonds is 10. The van der Waals surface area contributed by atoms with Crippen LogP contribution in [0.5, 0.6) is 0 Å². The number of aromatic nitrogens is 2. The van der Waals surface area contributed by atoms with Gasteiger partial charge in [-0.15, -0.1) is 0 Å². The summed E-state index contributed by atoms with van der Waals surface area (Å²) >= 11 is 0. The maximum Gasteiger partial charge on any atom is 0.280 e. The van der Waals surface area contributed by atoms with E-state index in [4.69, 9.17) is 4.74 Å². The lowest BCUT2D eigenvalue weighted by Crippen LogP contribution is -2.46. The summed E-state index contributed by atoms with van der Waals surface area (Å²) in [6.45, 7) is 4.37. The Kier molecular flexibility index (Phi) is 7.95. The molecule has 0 fully saturated rings. The lowest BCUT2D eigenvalue weighted by molar-refractivity contribution is -0.108. The first-order chi connectivity index (χ1) is 16.2. The smallest absolute Gasteiger partial charge is 0.280 e. The van der Waals surface area contributed by atoms with Crippen molar-refractivity contribution in [1.29, 1.82) is 0 Å². The molecule has 1 heterocycles. The van der Waals surface area contributed by atoms with Crippen molar-refractivity contribution in [2.45, 2.75) is 38.8 Å². The Morgan fingerprint density at radius 1 is 1.29 bits per heavy atom. The van der Waals surface area contributed by atoms with Gasteiger partial charge in [-0.25, -0.2) is 8.78 Å². The Morgan fingerprint density at radius 2 is 2.06 bits per heavy atom. The van der Waals surface area contributed by atoms with E-state index in [1.807, 2.05) is 13.8 Å². The number of H-pyrrole nitrogens is 1. The van der Waals surface area contributed by atoms with Crippen LogP contribution in [-0.4, -0.2) is 52.8 Å². The van der Waals surface area contributed by atoms with Crippen LogP contribution in [0, 0.1) is 0 Å². The first-order valence-electron chi connectivity index (χ1n) is 10.8. The minimum Gasteiger partial charge on any atom is -0.396 e. The minimum absolute atomic E-state index is 0.0410. The summed E-state index contributed by atoms with van der Waals surface area (Å²) in [5, 5.41) is 9.31. The van der Waals surface area contributed by atoms with Crippen molar-refractivity contribution < 1.29 is 28.2 Å². The Balaban J connectivity index is 2.10. The second-order valence-electron chi connectivity index (χ2n) is 8.44. The SMILES string of the molecule is COCC(C)(C)N(C=O)c1ccc2c(c1)[nH]/c(=N\C(=O)c1cccc(C(F)F)c1)n2CCCO. The Bertz CT molecular complexity index is 1230. The van der Waals surface area contributed by atoms with Gasteiger partial charge in [0.25, 0.3) is 12.3 Å². The molecule has 34 heavy (non-hydrogen) atoms. The van der Waals surface area contributed by atoms with Gasteiger partial charge in [0.2, 0.25) is 12.0 Å². The van der Waals surface area contributed by atoms with Gasteiger partial charge in [0, 0.05) is 37.1 Å². The molecule has 2 N–H and O–H groups in total. The molecule has 0 atom stereocenters. The molecule has 3 rings (SSSR count). The number of hydrogen-bond acceptors (Lipinski definition) is 4. The van der Waals surface area contributed by atoms with Gasteiger partial charge in [-0.3, -0.25) is 9.59 Å². The summed E-state index contributed by atoms with van der Waals surface area (Å²) in [6.07, 6.45) is -1.55. The predicted octanol–water partition coefficient (Wildman–Crippen LogP) is 3.42. The van der Waals surface area contributed by atoms with Gasteiger partial charge in [-0.1, -0.05) is 12.1 Å². The molecule has 2 aromatic carbocycles. The maximum atomic E-state index is 13.0. The predicted molar refractivity (Wildman–Crippen MR) is 124 cm³/mol. The number of aliphatic hydroxyl groups is 1. The molecule has 0 aliphatic carbocycles. The monoisotopic (exact) mass is 474 g/mol. The largest absolute Gasteiger partial charge is 0.396 e. The minimum atomic E-state index is -2.70. The number of aliphatic hydroxyl groups excluding tert-OH is 1. The van der Waals surface area contributed by atoms with E-state index in [-0.39, 0.29) is 23.4 Å². The number of aromatic amines is 1. The zero-order chi connectivity index (χ0) is 24.9. The highest BCUT2D eigenvalue weighted by Crippen LogP contribution is 2.26. The van der Waals surface area contributed by atoms with Gasteiger partial charge < -0.3 is 24.3 Å². The van der Waals surface area contributed by atoms with Gasteiger partial charge in [0.15, 0.2) is 0 Å². The number of carbonyl (C=O) groups is 2. The fourth-order valence-corrected chi connectivity index (χ4v) is 3.80. The molecule has 0 saturated heterocycles. The van der Waals surface area contributed by atoms with Crippen LogP contribution in [0.2, 0.25) is 0 Å². The van der Waals surface area contributed by atoms with Crippen molar-refractivity contribution in [1.82, 2.24) is 9.55 Å². The van der Waals surface area contributed by atoms with Gasteiger partial charge in [0.1, 0.15) is 0 Å². The number of carbonyl (C=O) groups excluding carboxylic acids is 2. The number of anilines is 1. The number of ether oxygens (including phenoxy) is 1. The van der Waals surface area contributed by atoms with Crippen molar-refractivity contribution >= 4 is 29.0 Å². The van der Waals surface area contributed by atoms with E-state index in [0.717, 1.165) is 12.5 Å². The standard InChI is InChI=1S/C24H28F2N4O4/c1-24(2,14-34-3)30(15-32)18-8-9-20-19(13-18)27-23(29(20)10-5-11-31)28-22(33)17-7-4-6-16(12-17)21(25)26/h4,6-9,12-13,15,21,31H,5,10-11,14H2,1-3H3,(H,27,28,33). The number of hydrogen-bond donors (Lipinski definition) is 2. The lowest BCUT2D eigenvalue weighted by Gasteiger charge is -2.35. The van der Waals surface area contributed by atoms with Crippen molar-refractivity contribution in [2.24, 2.45) is 4.99 Å². The molecule has 0 aliphatic rings. The number of halogens is 2. The average Bonchev–Trinajstić information content (AvgIpc) is 3.13. The third-order valence-corrected chi connectivity index (χ3v) is 5.44. The number of nitrogens with one attached hydrogen (secondary N) is 1. The second kappa shape index (κ2) is 10.7. The molecular formula is C24H28F2N4O4. The van der Waals surface area contributed by atoms with Crippen molar-refractivity contribution in [3.05, 3.63) is 59.2 Å². The van der Waals surface area contributed by atoms with E-state index >= 15 is 0 Å². The van der Waals surface area contributed by atoms with Crippen molar-refractivity contribution in [2.75, 3.05) is 25.2 Å². The molecule has 182 valence electrons. The number of alkyl halides is 2. The summed E-state index contributed by atoms with van der Waals surface area (Å²) in [6, 6.07) is 10.5. The second-order valence-corrected chi connectivity index (χ2v) is 8.44. The van der Waals surface area contributed by atoms with Gasteiger partial charge in [-0.2, -0.15) is 4.99 Å². The molecule has 0 radical (unpaired) electrons. The number of amides is 2. The number of nitrogens with zero attached hydrogens (tertiary/aromatic N) is 3. The molecule has 0 unspecified atom stereocenters. The third kappa shape index (κ3) is 5.40. The van der Waals surface area contributed by atoms with Crippen molar-refractivity contribution in [3.8, 4) is 0 Å². The van der Waals surface area contributed by atoms with Crippen LogP contribution in [0.15, 0.2) is 47.5 Å². The molecule has 2 amide bonds. The van der Waals surface area contributed by atoms with Gasteiger partial charge >= 0.3 is 0 Å². The highest BCUT2D eigenvalue weighted by molar-refractivity contribution is 5.95. The maximum absolute atomic E-state index is 13.0. The third-order valence-electron chi connectivity index (χ3n) is 5.44. The number of imidazole rings is 1. The quantitative estimate of drug-likeness (QED) is 0.440. The zero-order valence-electron chi connectivity index (χ0n) is 19.3. The van der Waals surface area contributed by atoms with E-state index < -0.39 is 17.9 Å². The number of aryl methyl sites for hydroxylation is 1. The van der Waals surface area contributed by atoms with E-state index in [1.165, 1.54) is 18.2 Å². The van der Waals surface area contributed by atoms with E-state index in [2.05, 4.69) is 9.98 Å². The number of fused-ring (bicyclic) bond motifs is 1. The summed E-state index contributed by atoms with van der Waals surface area (Å²) in [7, 11) is 1.56. The summed E-state index contributed by atoms with van der Waals surface area (Å²) in [5.41, 5.74) is 1.32. The van der Waals surface area contributed by atoms with Crippen LogP contribution in [0.25, 0.3) is 11.0 Å². The summed E-state index contributed by atoms with van der Waals surface area (Å²) < 4.78 is 33.0. The first-order valence-corrected chi connectivity index (χ1v) is 10.8. The Hall–Kier alpha value is -3.37. The highest BCUT2D eigenvalue weighted by atomic mass is 19.3. The molecule has 0 aliphatic heterocycles. The van der Waals surface area contributed by atoms with Crippen LogP contribution < -0.4 is 10.5 Å². The molecule has 1 aromatic heterocycles. The average molecular weight is 475 g/mol. The summed E-state index contributed by atoms with van der Waals surface area (Å²) in [5.74, 6) is -0.678. The normalized spacial score (nSPS) is 12.5. The molecule has 0 spiro atoms. The topological polar surface area (TPSA) is 99.9 Å². The highest BCUT2D eigenvalue weighted by Gasteiger charge is 2.27. The van der Waals surface area contributed by atoms with Crippen LogP contribution in [0.3, 0.4) is 0 Å². The van der Waals surface area contributed by atoms with Crippen LogP contribution >= 0.6 is 0 Å². The lowest BCUT2D eigenvalue weighted by atomic mass is 10.0. The van der Waals surface area contributed by atoms with Crippen LogP contribution in [0.4, 0.5) is 14.5 Å².